The predicted octanol–water partition coefficient (Wildman–Crippen LogP) is 0.780. The Labute approximate surface area is 177 Å². The van der Waals surface area contributed by atoms with Gasteiger partial charge >= 0.3 is 7.60 Å². The summed E-state index contributed by atoms with van der Waals surface area (Å²) >= 11 is 6.01. The minimum atomic E-state index is -4.40. The Morgan fingerprint density at radius 2 is 1.93 bits per heavy atom. The fraction of sp³-hybridized carbons (Fsp3) is 0.688. The van der Waals surface area contributed by atoms with Crippen LogP contribution in [0.4, 0.5) is 5.95 Å². The van der Waals surface area contributed by atoms with Crippen LogP contribution in [0.15, 0.2) is 6.33 Å². The van der Waals surface area contributed by atoms with Crippen LogP contribution < -0.4 is 5.73 Å². The standard InChI is InChI=1S/C16H25ClN5O7P/c1-15(2,29-30(26,27)16(3,4)25)5-7-9(23)10(24)13(28-7)22-6-19-8-11(17)20-14(18)21-12(8)22/h6-7,9-10,13,23-25H,5H2,1-4H3,(H,26,27)(H2,18,20,21)/t7-,9-,10-,13-/m1/s1. The highest BCUT2D eigenvalue weighted by atomic mass is 35.5. The van der Waals surface area contributed by atoms with Crippen molar-refractivity contribution in [2.45, 2.75) is 69.6 Å². The SMILES string of the molecule is CC(C)(C[C@H]1O[C@@H](n2cnc3c(Cl)nc(N)nc32)[C@H](O)[C@@H]1O)OP(=O)(O)C(C)(C)O. The first-order chi connectivity index (χ1) is 13.6. The molecule has 12 nitrogen and oxygen atoms in total. The second-order valence-electron chi connectivity index (χ2n) is 8.31. The van der Waals surface area contributed by atoms with Crippen LogP contribution in [0.3, 0.4) is 0 Å². The average molecular weight is 466 g/mol. The highest BCUT2D eigenvalue weighted by Gasteiger charge is 2.49. The number of nitrogen functional groups attached to an aromatic ring is 1. The van der Waals surface area contributed by atoms with Crippen LogP contribution in [-0.2, 0) is 13.8 Å². The first-order valence-corrected chi connectivity index (χ1v) is 11.0. The third kappa shape index (κ3) is 4.32. The Hall–Kier alpha value is -1.37. The van der Waals surface area contributed by atoms with Crippen molar-refractivity contribution in [3.05, 3.63) is 11.5 Å². The third-order valence-electron chi connectivity index (χ3n) is 4.76. The van der Waals surface area contributed by atoms with Crippen molar-refractivity contribution < 1.29 is 34.0 Å². The molecule has 0 bridgehead atoms. The molecule has 3 heterocycles. The van der Waals surface area contributed by atoms with Crippen molar-refractivity contribution in [3.8, 4) is 0 Å². The number of anilines is 1. The van der Waals surface area contributed by atoms with E-state index in [9.17, 15) is 24.8 Å². The lowest BCUT2D eigenvalue weighted by atomic mass is 9.97. The van der Waals surface area contributed by atoms with Crippen LogP contribution in [-0.4, -0.2) is 69.0 Å². The number of aliphatic hydroxyl groups excluding tert-OH is 2. The smallest absolute Gasteiger partial charge is 0.359 e. The highest BCUT2D eigenvalue weighted by molar-refractivity contribution is 7.54. The Bertz CT molecular complexity index is 994. The van der Waals surface area contributed by atoms with Gasteiger partial charge in [0.15, 0.2) is 22.4 Å². The van der Waals surface area contributed by atoms with Gasteiger partial charge in [0.05, 0.1) is 18.0 Å². The molecular formula is C16H25ClN5O7P. The summed E-state index contributed by atoms with van der Waals surface area (Å²) in [6.45, 7) is 5.34. The Balaban J connectivity index is 1.83. The molecule has 30 heavy (non-hydrogen) atoms. The fourth-order valence-electron chi connectivity index (χ4n) is 3.18. The minimum absolute atomic E-state index is 0.0284. The number of aliphatic hydroxyl groups is 3. The summed E-state index contributed by atoms with van der Waals surface area (Å²) in [4.78, 5) is 22.0. The number of fused-ring (bicyclic) bond motifs is 1. The topological polar surface area (TPSA) is 186 Å². The second-order valence-corrected chi connectivity index (χ2v) is 11.0. The first-order valence-electron chi connectivity index (χ1n) is 9.06. The number of rotatable bonds is 6. The molecule has 168 valence electrons. The summed E-state index contributed by atoms with van der Waals surface area (Å²) in [6.07, 6.45) is -3.49. The van der Waals surface area contributed by atoms with Crippen molar-refractivity contribution in [3.63, 3.8) is 0 Å². The van der Waals surface area contributed by atoms with E-state index in [1.165, 1.54) is 24.7 Å². The highest BCUT2D eigenvalue weighted by Crippen LogP contribution is 2.57. The zero-order chi connectivity index (χ0) is 22.6. The summed E-state index contributed by atoms with van der Waals surface area (Å²) in [7, 11) is -4.40. The van der Waals surface area contributed by atoms with Gasteiger partial charge in [0.1, 0.15) is 17.7 Å². The monoisotopic (exact) mass is 465 g/mol. The number of hydrogen-bond donors (Lipinski definition) is 5. The second kappa shape index (κ2) is 7.64. The maximum atomic E-state index is 12.3. The molecule has 1 aliphatic rings. The van der Waals surface area contributed by atoms with E-state index in [0.717, 1.165) is 13.8 Å². The number of aromatic nitrogens is 4. The van der Waals surface area contributed by atoms with Gasteiger partial charge in [-0.2, -0.15) is 9.97 Å². The van der Waals surface area contributed by atoms with Gasteiger partial charge in [-0.3, -0.25) is 9.13 Å². The van der Waals surface area contributed by atoms with Gasteiger partial charge in [-0.05, 0) is 27.7 Å². The lowest BCUT2D eigenvalue weighted by Crippen LogP contribution is -2.38. The van der Waals surface area contributed by atoms with Gasteiger partial charge < -0.3 is 35.2 Å². The van der Waals surface area contributed by atoms with Crippen LogP contribution >= 0.6 is 19.2 Å². The van der Waals surface area contributed by atoms with E-state index in [-0.39, 0.29) is 28.7 Å². The Morgan fingerprint density at radius 3 is 2.53 bits per heavy atom. The molecule has 1 unspecified atom stereocenters. The number of nitrogens with zero attached hydrogens (tertiary/aromatic N) is 4. The van der Waals surface area contributed by atoms with Crippen molar-refractivity contribution >= 4 is 36.3 Å². The molecule has 6 N–H and O–H groups in total. The van der Waals surface area contributed by atoms with Gasteiger partial charge in [0.2, 0.25) is 5.95 Å². The molecule has 1 saturated heterocycles. The Kier molecular flexibility index (Phi) is 5.94. The molecular weight excluding hydrogens is 441 g/mol. The summed E-state index contributed by atoms with van der Waals surface area (Å²) in [5, 5.41) is 29.0. The molecule has 14 heteroatoms. The quantitative estimate of drug-likeness (QED) is 0.299. The molecule has 2 aromatic rings. The van der Waals surface area contributed by atoms with Crippen LogP contribution in [0, 0.1) is 0 Å². The summed E-state index contributed by atoms with van der Waals surface area (Å²) in [5.74, 6) is -0.0984. The van der Waals surface area contributed by atoms with E-state index < -0.39 is 43.1 Å². The Morgan fingerprint density at radius 1 is 1.30 bits per heavy atom. The van der Waals surface area contributed by atoms with E-state index in [0.29, 0.717) is 0 Å². The van der Waals surface area contributed by atoms with Crippen molar-refractivity contribution in [1.82, 2.24) is 19.5 Å². The fourth-order valence-corrected chi connectivity index (χ4v) is 4.37. The summed E-state index contributed by atoms with van der Waals surface area (Å²) in [6, 6.07) is 0. The van der Waals surface area contributed by atoms with Gasteiger partial charge in [-0.25, -0.2) is 4.98 Å². The largest absolute Gasteiger partial charge is 0.388 e. The molecule has 2 aromatic heterocycles. The molecule has 5 atom stereocenters. The van der Waals surface area contributed by atoms with Crippen molar-refractivity contribution in [2.24, 2.45) is 0 Å². The van der Waals surface area contributed by atoms with E-state index in [1.54, 1.807) is 0 Å². The zero-order valence-electron chi connectivity index (χ0n) is 16.8. The third-order valence-corrected chi connectivity index (χ3v) is 7.15. The number of nitrogens with two attached hydrogens (primary N) is 1. The van der Waals surface area contributed by atoms with Gasteiger partial charge in [-0.15, -0.1) is 0 Å². The summed E-state index contributed by atoms with van der Waals surface area (Å²) in [5.41, 5.74) is 4.80. The molecule has 0 saturated carbocycles. The van der Waals surface area contributed by atoms with Gasteiger partial charge in [0, 0.05) is 6.42 Å². The molecule has 0 spiro atoms. The van der Waals surface area contributed by atoms with E-state index in [1.807, 2.05) is 0 Å². The molecule has 1 fully saturated rings. The number of ether oxygens (including phenoxy) is 1. The molecule has 3 rings (SSSR count). The number of halogens is 1. The predicted molar refractivity (Wildman–Crippen MR) is 107 cm³/mol. The molecule has 0 aromatic carbocycles. The van der Waals surface area contributed by atoms with Gasteiger partial charge in [0.25, 0.3) is 0 Å². The lowest BCUT2D eigenvalue weighted by molar-refractivity contribution is -0.0631. The normalized spacial score (nSPS) is 27.5. The van der Waals surface area contributed by atoms with Crippen LogP contribution in [0.25, 0.3) is 11.2 Å². The summed E-state index contributed by atoms with van der Waals surface area (Å²) < 4.78 is 24.8. The molecule has 1 aliphatic heterocycles. The minimum Gasteiger partial charge on any atom is -0.388 e. The van der Waals surface area contributed by atoms with E-state index >= 15 is 0 Å². The number of imidazole rings is 1. The van der Waals surface area contributed by atoms with Crippen LogP contribution in [0.5, 0.6) is 0 Å². The number of hydrogen-bond acceptors (Lipinski definition) is 10. The molecule has 0 radical (unpaired) electrons. The van der Waals surface area contributed by atoms with Crippen LogP contribution in [0.1, 0.15) is 40.3 Å². The molecule has 0 aliphatic carbocycles. The van der Waals surface area contributed by atoms with E-state index in [2.05, 4.69) is 15.0 Å². The first kappa shape index (κ1) is 23.3. The maximum Gasteiger partial charge on any atom is 0.359 e. The van der Waals surface area contributed by atoms with E-state index in [4.69, 9.17) is 26.6 Å². The zero-order valence-corrected chi connectivity index (χ0v) is 18.4. The average Bonchev–Trinajstić information content (AvgIpc) is 3.09. The lowest BCUT2D eigenvalue weighted by Gasteiger charge is -2.34. The van der Waals surface area contributed by atoms with Crippen LogP contribution in [0.2, 0.25) is 5.15 Å². The molecule has 0 amide bonds. The van der Waals surface area contributed by atoms with Crippen molar-refractivity contribution in [1.29, 1.82) is 0 Å². The maximum absolute atomic E-state index is 12.3. The van der Waals surface area contributed by atoms with Gasteiger partial charge in [-0.1, -0.05) is 11.6 Å². The van der Waals surface area contributed by atoms with Crippen molar-refractivity contribution in [2.75, 3.05) is 5.73 Å².